The molecule has 3 aromatic rings. The number of phenols is 1. The number of benzene rings is 3. The first-order valence-electron chi connectivity index (χ1n) is 13.2. The highest BCUT2D eigenvalue weighted by atomic mass is 19.1. The summed E-state index contributed by atoms with van der Waals surface area (Å²) in [5.41, 5.74) is 2.17. The number of carbonyl (C=O) groups is 3. The lowest BCUT2D eigenvalue weighted by molar-refractivity contribution is -0.196. The molecule has 0 saturated carbocycles. The van der Waals surface area contributed by atoms with Crippen LogP contribution in [0.4, 0.5) is 8.78 Å². The molecule has 11 heteroatoms. The predicted molar refractivity (Wildman–Crippen MR) is 148 cm³/mol. The Bertz CT molecular complexity index is 1360. The summed E-state index contributed by atoms with van der Waals surface area (Å²) in [6.45, 7) is 0.741. The molecule has 5 rings (SSSR count). The van der Waals surface area contributed by atoms with E-state index in [0.29, 0.717) is 12.0 Å². The van der Waals surface area contributed by atoms with Crippen molar-refractivity contribution in [3.05, 3.63) is 101 Å². The first-order chi connectivity index (χ1) is 19.7. The minimum absolute atomic E-state index is 0.0173. The number of aromatic hydroxyl groups is 1. The number of hydrazine groups is 1. The van der Waals surface area contributed by atoms with Gasteiger partial charge in [0.25, 0.3) is 0 Å². The third-order valence-corrected chi connectivity index (χ3v) is 7.06. The normalized spacial score (nSPS) is 19.0. The second-order valence-corrected chi connectivity index (χ2v) is 9.94. The SMILES string of the molecule is CN1CC(=O)N2C(Cc3ccc(O)cc3)C(=O)N(Cc3ccc(F)cc3F)C[C@@H]2N1C=O.CNCc1ccccc1. The molecule has 216 valence electrons. The maximum absolute atomic E-state index is 14.3. The largest absolute Gasteiger partial charge is 0.508 e. The molecule has 0 spiro atoms. The molecule has 0 aromatic heterocycles. The van der Waals surface area contributed by atoms with Gasteiger partial charge in [-0.15, -0.1) is 0 Å². The monoisotopic (exact) mass is 565 g/mol. The molecule has 2 heterocycles. The van der Waals surface area contributed by atoms with Crippen molar-refractivity contribution in [2.75, 3.05) is 27.2 Å². The predicted octanol–water partition coefficient (Wildman–Crippen LogP) is 2.50. The fourth-order valence-corrected chi connectivity index (χ4v) is 5.04. The lowest BCUT2D eigenvalue weighted by Crippen LogP contribution is -2.74. The maximum atomic E-state index is 14.3. The highest BCUT2D eigenvalue weighted by Gasteiger charge is 2.49. The van der Waals surface area contributed by atoms with E-state index in [-0.39, 0.29) is 43.3 Å². The molecule has 2 aliphatic heterocycles. The van der Waals surface area contributed by atoms with E-state index in [1.54, 1.807) is 19.2 Å². The lowest BCUT2D eigenvalue weighted by atomic mass is 9.98. The van der Waals surface area contributed by atoms with Crippen molar-refractivity contribution in [2.24, 2.45) is 0 Å². The summed E-state index contributed by atoms with van der Waals surface area (Å²) in [4.78, 5) is 40.9. The van der Waals surface area contributed by atoms with Crippen molar-refractivity contribution >= 4 is 18.2 Å². The third-order valence-electron chi connectivity index (χ3n) is 7.06. The van der Waals surface area contributed by atoms with E-state index in [1.807, 2.05) is 25.2 Å². The minimum Gasteiger partial charge on any atom is -0.508 e. The van der Waals surface area contributed by atoms with Crippen LogP contribution in [0.15, 0.2) is 72.8 Å². The molecule has 41 heavy (non-hydrogen) atoms. The summed E-state index contributed by atoms with van der Waals surface area (Å²) in [7, 11) is 3.55. The van der Waals surface area contributed by atoms with Gasteiger partial charge in [-0.1, -0.05) is 48.5 Å². The van der Waals surface area contributed by atoms with Crippen molar-refractivity contribution in [1.82, 2.24) is 25.1 Å². The number of likely N-dealkylation sites (N-methyl/N-ethyl adjacent to an activating group) is 1. The Hall–Kier alpha value is -4.35. The van der Waals surface area contributed by atoms with Crippen LogP contribution in [-0.4, -0.2) is 82.5 Å². The molecule has 1 unspecified atom stereocenters. The summed E-state index contributed by atoms with van der Waals surface area (Å²) in [5, 5.41) is 15.4. The highest BCUT2D eigenvalue weighted by Crippen LogP contribution is 2.28. The van der Waals surface area contributed by atoms with Gasteiger partial charge in [0, 0.05) is 38.2 Å². The number of piperazine rings is 1. The molecule has 2 fully saturated rings. The summed E-state index contributed by atoms with van der Waals surface area (Å²) in [5.74, 6) is -2.14. The molecule has 0 aliphatic carbocycles. The standard InChI is InChI=1S/C22H22F2N4O4.C8H11N/c1-25-12-21(31)28-19(8-14-2-6-17(30)7-3-14)22(32)26(11-20(28)27(25)13-29)10-15-4-5-16(23)9-18(15)24;1-9-7-8-5-3-2-4-6-8/h2-7,9,13,19-20,30H,8,10-12H2,1H3;2-6,9H,7H2,1H3/t19?,20-;/m1./s1. The fourth-order valence-electron chi connectivity index (χ4n) is 5.04. The van der Waals surface area contributed by atoms with Crippen molar-refractivity contribution in [2.45, 2.75) is 31.7 Å². The van der Waals surface area contributed by atoms with Gasteiger partial charge in [0.15, 0.2) is 0 Å². The van der Waals surface area contributed by atoms with Crippen LogP contribution in [0.25, 0.3) is 0 Å². The Morgan fingerprint density at radius 2 is 1.71 bits per heavy atom. The van der Waals surface area contributed by atoms with Gasteiger partial charge in [0.2, 0.25) is 18.2 Å². The average Bonchev–Trinajstić information content (AvgIpc) is 2.95. The molecule has 0 bridgehead atoms. The first kappa shape index (κ1) is 29.6. The van der Waals surface area contributed by atoms with E-state index in [2.05, 4.69) is 17.4 Å². The summed E-state index contributed by atoms with van der Waals surface area (Å²) >= 11 is 0. The van der Waals surface area contributed by atoms with Gasteiger partial charge in [-0.2, -0.15) is 0 Å². The number of amides is 3. The Morgan fingerprint density at radius 1 is 1.00 bits per heavy atom. The van der Waals surface area contributed by atoms with Crippen LogP contribution in [-0.2, 0) is 33.9 Å². The van der Waals surface area contributed by atoms with Gasteiger partial charge >= 0.3 is 0 Å². The number of hydrogen-bond donors (Lipinski definition) is 2. The molecule has 2 saturated heterocycles. The Morgan fingerprint density at radius 3 is 2.34 bits per heavy atom. The van der Waals surface area contributed by atoms with Gasteiger partial charge in [0.05, 0.1) is 13.1 Å². The molecule has 3 aromatic carbocycles. The summed E-state index contributed by atoms with van der Waals surface area (Å²) in [6.07, 6.45) is -0.0176. The number of fused-ring (bicyclic) bond motifs is 1. The molecule has 9 nitrogen and oxygen atoms in total. The summed E-state index contributed by atoms with van der Waals surface area (Å²) < 4.78 is 27.6. The van der Waals surface area contributed by atoms with Crippen LogP contribution in [0.5, 0.6) is 5.75 Å². The number of carbonyl (C=O) groups excluding carboxylic acids is 3. The van der Waals surface area contributed by atoms with Crippen LogP contribution in [0.3, 0.4) is 0 Å². The maximum Gasteiger partial charge on any atom is 0.246 e. The molecule has 2 N–H and O–H groups in total. The fraction of sp³-hybridized carbons (Fsp3) is 0.300. The molecule has 0 radical (unpaired) electrons. The second kappa shape index (κ2) is 13.3. The van der Waals surface area contributed by atoms with Crippen LogP contribution in [0, 0.1) is 11.6 Å². The van der Waals surface area contributed by atoms with Gasteiger partial charge in [-0.3, -0.25) is 19.4 Å². The summed E-state index contributed by atoms with van der Waals surface area (Å²) in [6, 6.07) is 18.8. The van der Waals surface area contributed by atoms with E-state index in [0.717, 1.165) is 18.7 Å². The number of nitrogens with one attached hydrogen (secondary N) is 1. The second-order valence-electron chi connectivity index (χ2n) is 9.94. The number of phenolic OH excluding ortho intramolecular Hbond substituents is 1. The van der Waals surface area contributed by atoms with E-state index in [9.17, 15) is 28.3 Å². The molecular weight excluding hydrogens is 532 g/mol. The van der Waals surface area contributed by atoms with Gasteiger partial charge < -0.3 is 20.2 Å². The zero-order valence-electron chi connectivity index (χ0n) is 22.9. The smallest absolute Gasteiger partial charge is 0.246 e. The van der Waals surface area contributed by atoms with E-state index in [4.69, 9.17) is 0 Å². The number of nitrogens with zero attached hydrogens (tertiary/aromatic N) is 4. The topological polar surface area (TPSA) is 96.4 Å². The number of rotatable bonds is 7. The van der Waals surface area contributed by atoms with Gasteiger partial charge in [-0.25, -0.2) is 13.8 Å². The van der Waals surface area contributed by atoms with Crippen LogP contribution in [0.2, 0.25) is 0 Å². The Balaban J connectivity index is 0.000000367. The molecule has 3 amide bonds. The van der Waals surface area contributed by atoms with Crippen LogP contribution < -0.4 is 5.32 Å². The van der Waals surface area contributed by atoms with Crippen molar-refractivity contribution in [3.63, 3.8) is 0 Å². The first-order valence-corrected chi connectivity index (χ1v) is 13.2. The zero-order valence-corrected chi connectivity index (χ0v) is 22.9. The van der Waals surface area contributed by atoms with Crippen molar-refractivity contribution < 1.29 is 28.3 Å². The Kier molecular flexibility index (Phi) is 9.64. The van der Waals surface area contributed by atoms with Crippen molar-refractivity contribution in [3.8, 4) is 5.75 Å². The quantitative estimate of drug-likeness (QED) is 0.428. The zero-order chi connectivity index (χ0) is 29.5. The van der Waals surface area contributed by atoms with Crippen LogP contribution >= 0.6 is 0 Å². The van der Waals surface area contributed by atoms with Crippen LogP contribution in [0.1, 0.15) is 16.7 Å². The van der Waals surface area contributed by atoms with Gasteiger partial charge in [-0.05, 0) is 36.4 Å². The molecular formula is C30H33F2N5O4. The van der Waals surface area contributed by atoms with E-state index < -0.39 is 29.7 Å². The minimum atomic E-state index is -0.926. The Labute approximate surface area is 237 Å². The van der Waals surface area contributed by atoms with E-state index >= 15 is 0 Å². The molecule has 2 aliphatic rings. The third kappa shape index (κ3) is 7.05. The average molecular weight is 566 g/mol. The van der Waals surface area contributed by atoms with Crippen molar-refractivity contribution in [1.29, 1.82) is 0 Å². The number of halogens is 2. The number of hydrogen-bond acceptors (Lipinski definition) is 6. The highest BCUT2D eigenvalue weighted by molar-refractivity contribution is 5.91. The molecule has 2 atom stereocenters. The van der Waals surface area contributed by atoms with E-state index in [1.165, 1.54) is 43.6 Å². The lowest BCUT2D eigenvalue weighted by Gasteiger charge is -2.53. The van der Waals surface area contributed by atoms with Gasteiger partial charge in [0.1, 0.15) is 29.6 Å².